The van der Waals surface area contributed by atoms with E-state index < -0.39 is 0 Å². The molecule has 1 heterocycles. The molecule has 3 rings (SSSR count). The Hall–Kier alpha value is -2.19. The number of aromatic nitrogens is 1. The number of benzene rings is 2. The largest absolute Gasteiger partial charge is 0.306 e. The zero-order valence-electron chi connectivity index (χ0n) is 12.5. The third kappa shape index (κ3) is 2.81. The van der Waals surface area contributed by atoms with E-state index in [2.05, 4.69) is 72.7 Å². The van der Waals surface area contributed by atoms with Gasteiger partial charge in [-0.1, -0.05) is 49.4 Å². The molecule has 0 aliphatic heterocycles. The fraction of sp³-hybridized carbons (Fsp3) is 0.211. The number of hydrogen-bond donors (Lipinski definition) is 1. The summed E-state index contributed by atoms with van der Waals surface area (Å²) >= 11 is 0. The summed E-state index contributed by atoms with van der Waals surface area (Å²) in [6.45, 7) is 5.22. The molecule has 0 spiro atoms. The maximum absolute atomic E-state index is 4.60. The number of fused-ring (bicyclic) bond motifs is 1. The molecule has 1 N–H and O–H groups in total. The summed E-state index contributed by atoms with van der Waals surface area (Å²) < 4.78 is 0. The van der Waals surface area contributed by atoms with Crippen LogP contribution in [0, 0.1) is 6.92 Å². The maximum Gasteiger partial charge on any atom is 0.0702 e. The highest BCUT2D eigenvalue weighted by atomic mass is 14.9. The van der Waals surface area contributed by atoms with Crippen LogP contribution in [0.25, 0.3) is 10.9 Å². The van der Waals surface area contributed by atoms with E-state index in [1.807, 2.05) is 12.3 Å². The average molecular weight is 276 g/mol. The predicted molar refractivity (Wildman–Crippen MR) is 88.4 cm³/mol. The highest BCUT2D eigenvalue weighted by molar-refractivity contribution is 5.79. The van der Waals surface area contributed by atoms with Gasteiger partial charge in [-0.2, -0.15) is 0 Å². The van der Waals surface area contributed by atoms with Crippen molar-refractivity contribution in [2.75, 3.05) is 6.54 Å². The highest BCUT2D eigenvalue weighted by Gasteiger charge is 2.15. The number of rotatable bonds is 4. The van der Waals surface area contributed by atoms with Crippen molar-refractivity contribution in [2.45, 2.75) is 19.9 Å². The Labute approximate surface area is 125 Å². The number of hydrogen-bond acceptors (Lipinski definition) is 2. The number of nitrogens with one attached hydrogen (secondary N) is 1. The monoisotopic (exact) mass is 276 g/mol. The van der Waals surface area contributed by atoms with Gasteiger partial charge in [0.1, 0.15) is 0 Å². The van der Waals surface area contributed by atoms with Crippen LogP contribution in [0.2, 0.25) is 0 Å². The van der Waals surface area contributed by atoms with Gasteiger partial charge in [-0.05, 0) is 42.3 Å². The second-order valence-corrected chi connectivity index (χ2v) is 5.31. The molecular formula is C19H20N2. The average Bonchev–Trinajstić information content (AvgIpc) is 2.53. The van der Waals surface area contributed by atoms with Gasteiger partial charge in [0.2, 0.25) is 0 Å². The van der Waals surface area contributed by atoms with E-state index in [0.29, 0.717) is 0 Å². The molecule has 0 aliphatic rings. The lowest BCUT2D eigenvalue weighted by Gasteiger charge is -2.21. The molecule has 1 unspecified atom stereocenters. The minimum atomic E-state index is 0.188. The topological polar surface area (TPSA) is 24.9 Å². The van der Waals surface area contributed by atoms with Gasteiger partial charge in [0.25, 0.3) is 0 Å². The van der Waals surface area contributed by atoms with E-state index in [4.69, 9.17) is 0 Å². The van der Waals surface area contributed by atoms with Crippen molar-refractivity contribution in [3.63, 3.8) is 0 Å². The van der Waals surface area contributed by atoms with E-state index in [-0.39, 0.29) is 6.04 Å². The van der Waals surface area contributed by atoms with Gasteiger partial charge in [-0.3, -0.25) is 4.98 Å². The Morgan fingerprint density at radius 1 is 1.05 bits per heavy atom. The van der Waals surface area contributed by atoms with Crippen molar-refractivity contribution < 1.29 is 0 Å². The van der Waals surface area contributed by atoms with Crippen LogP contribution < -0.4 is 5.32 Å². The van der Waals surface area contributed by atoms with Crippen molar-refractivity contribution >= 4 is 10.9 Å². The van der Waals surface area contributed by atoms with Crippen LogP contribution in [-0.2, 0) is 0 Å². The van der Waals surface area contributed by atoms with Crippen LogP contribution >= 0.6 is 0 Å². The number of para-hydroxylation sites is 1. The Morgan fingerprint density at radius 2 is 1.81 bits per heavy atom. The Balaban J connectivity index is 2.09. The van der Waals surface area contributed by atoms with E-state index in [1.54, 1.807) is 0 Å². The molecule has 2 aromatic carbocycles. The molecule has 0 fully saturated rings. The molecule has 0 saturated heterocycles. The normalized spacial score (nSPS) is 12.5. The van der Waals surface area contributed by atoms with Crippen molar-refractivity contribution in [3.8, 4) is 0 Å². The molecule has 0 saturated carbocycles. The van der Waals surface area contributed by atoms with Gasteiger partial charge in [-0.25, -0.2) is 0 Å². The molecule has 1 aromatic heterocycles. The van der Waals surface area contributed by atoms with Crippen LogP contribution in [0.3, 0.4) is 0 Å². The minimum absolute atomic E-state index is 0.188. The zero-order chi connectivity index (χ0) is 14.7. The van der Waals surface area contributed by atoms with Gasteiger partial charge in [0.05, 0.1) is 11.6 Å². The van der Waals surface area contributed by atoms with Crippen molar-refractivity contribution in [1.82, 2.24) is 10.3 Å². The molecule has 0 radical (unpaired) electrons. The van der Waals surface area contributed by atoms with Gasteiger partial charge in [0.15, 0.2) is 0 Å². The van der Waals surface area contributed by atoms with E-state index in [0.717, 1.165) is 12.1 Å². The SMILES string of the molecule is CCNC(c1cnc2ccccc2c1)c1ccccc1C. The molecular weight excluding hydrogens is 256 g/mol. The standard InChI is InChI=1S/C19H20N2/c1-3-20-19(17-10-6-4-8-14(17)2)16-12-15-9-5-7-11-18(15)21-13-16/h4-13,19-20H,3H2,1-2H3. The first-order chi connectivity index (χ1) is 10.3. The quantitative estimate of drug-likeness (QED) is 0.771. The first kappa shape index (κ1) is 13.8. The third-order valence-electron chi connectivity index (χ3n) is 3.85. The molecule has 21 heavy (non-hydrogen) atoms. The lowest BCUT2D eigenvalue weighted by Crippen LogP contribution is -2.22. The second kappa shape index (κ2) is 6.06. The summed E-state index contributed by atoms with van der Waals surface area (Å²) in [6.07, 6.45) is 1.99. The van der Waals surface area contributed by atoms with Crippen LogP contribution in [0.4, 0.5) is 0 Å². The summed E-state index contributed by atoms with van der Waals surface area (Å²) in [4.78, 5) is 4.60. The minimum Gasteiger partial charge on any atom is -0.306 e. The molecule has 1 atom stereocenters. The lowest BCUT2D eigenvalue weighted by molar-refractivity contribution is 0.626. The summed E-state index contributed by atoms with van der Waals surface area (Å²) in [5.74, 6) is 0. The lowest BCUT2D eigenvalue weighted by atomic mass is 9.95. The van der Waals surface area contributed by atoms with Gasteiger partial charge in [0, 0.05) is 11.6 Å². The summed E-state index contributed by atoms with van der Waals surface area (Å²) in [5, 5.41) is 4.77. The highest BCUT2D eigenvalue weighted by Crippen LogP contribution is 2.26. The third-order valence-corrected chi connectivity index (χ3v) is 3.85. The maximum atomic E-state index is 4.60. The molecule has 106 valence electrons. The van der Waals surface area contributed by atoms with Crippen LogP contribution in [0.1, 0.15) is 29.7 Å². The summed E-state index contributed by atoms with van der Waals surface area (Å²) in [5.41, 5.74) is 4.87. The van der Waals surface area contributed by atoms with Gasteiger partial charge >= 0.3 is 0 Å². The van der Waals surface area contributed by atoms with Crippen molar-refractivity contribution in [2.24, 2.45) is 0 Å². The van der Waals surface area contributed by atoms with E-state index >= 15 is 0 Å². The summed E-state index contributed by atoms with van der Waals surface area (Å²) in [6, 6.07) is 19.2. The van der Waals surface area contributed by atoms with E-state index in [1.165, 1.54) is 22.1 Å². The zero-order valence-corrected chi connectivity index (χ0v) is 12.5. The predicted octanol–water partition coefficient (Wildman–Crippen LogP) is 4.24. The fourth-order valence-electron chi connectivity index (χ4n) is 2.77. The molecule has 0 amide bonds. The molecule has 0 bridgehead atoms. The molecule has 2 nitrogen and oxygen atoms in total. The van der Waals surface area contributed by atoms with Crippen molar-refractivity contribution in [3.05, 3.63) is 77.5 Å². The fourth-order valence-corrected chi connectivity index (χ4v) is 2.77. The second-order valence-electron chi connectivity index (χ2n) is 5.31. The smallest absolute Gasteiger partial charge is 0.0702 e. The Bertz CT molecular complexity index is 749. The molecule has 3 aromatic rings. The first-order valence-corrected chi connectivity index (χ1v) is 7.43. The van der Waals surface area contributed by atoms with Gasteiger partial charge < -0.3 is 5.32 Å². The van der Waals surface area contributed by atoms with Crippen LogP contribution in [-0.4, -0.2) is 11.5 Å². The Kier molecular flexibility index (Phi) is 3.98. The number of nitrogens with zero attached hydrogens (tertiary/aromatic N) is 1. The summed E-state index contributed by atoms with van der Waals surface area (Å²) in [7, 11) is 0. The van der Waals surface area contributed by atoms with Crippen LogP contribution in [0.5, 0.6) is 0 Å². The number of pyridine rings is 1. The van der Waals surface area contributed by atoms with Gasteiger partial charge in [-0.15, -0.1) is 0 Å². The Morgan fingerprint density at radius 3 is 2.62 bits per heavy atom. The number of aryl methyl sites for hydroxylation is 1. The van der Waals surface area contributed by atoms with Crippen molar-refractivity contribution in [1.29, 1.82) is 0 Å². The van der Waals surface area contributed by atoms with Crippen LogP contribution in [0.15, 0.2) is 60.8 Å². The molecule has 0 aliphatic carbocycles. The van der Waals surface area contributed by atoms with E-state index in [9.17, 15) is 0 Å². The molecule has 2 heteroatoms. The first-order valence-electron chi connectivity index (χ1n) is 7.43.